The highest BCUT2D eigenvalue weighted by Crippen LogP contribution is 2.27. The molecule has 0 saturated carbocycles. The molecule has 1 aromatic rings. The Labute approximate surface area is 121 Å². The summed E-state index contributed by atoms with van der Waals surface area (Å²) in [4.78, 5) is 2.22. The third-order valence-corrected chi connectivity index (χ3v) is 3.95. The number of nitrogens with zero attached hydrogens (tertiary/aromatic N) is 1. The monoisotopic (exact) mass is 282 g/mol. The van der Waals surface area contributed by atoms with Crippen LogP contribution in [0.3, 0.4) is 0 Å². The first-order chi connectivity index (χ1) is 9.19. The first-order valence-corrected chi connectivity index (χ1v) is 7.96. The Morgan fingerprint density at radius 1 is 1.32 bits per heavy atom. The molecule has 0 heterocycles. The predicted octanol–water partition coefficient (Wildman–Crippen LogP) is 2.64. The van der Waals surface area contributed by atoms with E-state index < -0.39 is 0 Å². The van der Waals surface area contributed by atoms with Crippen LogP contribution in [0.4, 0.5) is 0 Å². The van der Waals surface area contributed by atoms with Crippen molar-refractivity contribution in [3.05, 3.63) is 29.8 Å². The molecule has 1 atom stereocenters. The molecule has 4 heteroatoms. The van der Waals surface area contributed by atoms with Crippen molar-refractivity contribution in [2.45, 2.75) is 13.0 Å². The number of hydrogen-bond donors (Lipinski definition) is 1. The normalized spacial score (nSPS) is 12.7. The Morgan fingerprint density at radius 3 is 2.68 bits per heavy atom. The van der Waals surface area contributed by atoms with Gasteiger partial charge >= 0.3 is 0 Å². The summed E-state index contributed by atoms with van der Waals surface area (Å²) in [5, 5.41) is 3.39. The van der Waals surface area contributed by atoms with Gasteiger partial charge < -0.3 is 15.0 Å². The topological polar surface area (TPSA) is 24.5 Å². The summed E-state index contributed by atoms with van der Waals surface area (Å²) < 4.78 is 5.71. The molecule has 0 aliphatic carbocycles. The van der Waals surface area contributed by atoms with E-state index in [1.807, 2.05) is 37.9 Å². The number of rotatable bonds is 9. The van der Waals surface area contributed by atoms with Crippen molar-refractivity contribution >= 4 is 11.8 Å². The summed E-state index contributed by atoms with van der Waals surface area (Å²) in [6, 6.07) is 8.65. The van der Waals surface area contributed by atoms with Crippen LogP contribution in [0.25, 0.3) is 0 Å². The first kappa shape index (κ1) is 16.3. The molecular formula is C15H26N2OS. The Balaban J connectivity index is 2.58. The minimum absolute atomic E-state index is 0.343. The zero-order chi connectivity index (χ0) is 14.1. The molecule has 108 valence electrons. The highest BCUT2D eigenvalue weighted by Gasteiger charge is 2.14. The van der Waals surface area contributed by atoms with Crippen molar-refractivity contribution in [2.24, 2.45) is 0 Å². The number of thioether (sulfide) groups is 1. The summed E-state index contributed by atoms with van der Waals surface area (Å²) in [6.07, 6.45) is 0. The van der Waals surface area contributed by atoms with Crippen LogP contribution in [0.5, 0.6) is 5.75 Å². The van der Waals surface area contributed by atoms with Crippen LogP contribution in [0.2, 0.25) is 0 Å². The minimum atomic E-state index is 0.343. The van der Waals surface area contributed by atoms with Gasteiger partial charge in [0, 0.05) is 29.7 Å². The molecule has 0 radical (unpaired) electrons. The molecule has 0 amide bonds. The fourth-order valence-electron chi connectivity index (χ4n) is 1.83. The number of hydrogen-bond acceptors (Lipinski definition) is 4. The summed E-state index contributed by atoms with van der Waals surface area (Å²) >= 11 is 1.98. The molecule has 0 fully saturated rings. The fourth-order valence-corrected chi connectivity index (χ4v) is 3.08. The smallest absolute Gasteiger partial charge is 0.124 e. The summed E-state index contributed by atoms with van der Waals surface area (Å²) in [6.45, 7) is 3.85. The highest BCUT2D eigenvalue weighted by molar-refractivity contribution is 7.99. The second-order valence-corrected chi connectivity index (χ2v) is 5.84. The molecule has 0 aliphatic rings. The van der Waals surface area contributed by atoms with Crippen molar-refractivity contribution in [3.8, 4) is 5.75 Å². The van der Waals surface area contributed by atoms with Gasteiger partial charge in [0.1, 0.15) is 5.75 Å². The predicted molar refractivity (Wildman–Crippen MR) is 85.3 cm³/mol. The highest BCUT2D eigenvalue weighted by atomic mass is 32.2. The molecule has 3 nitrogen and oxygen atoms in total. The molecule has 1 N–H and O–H groups in total. The average Bonchev–Trinajstić information content (AvgIpc) is 2.40. The van der Waals surface area contributed by atoms with E-state index in [1.165, 1.54) is 5.56 Å². The maximum absolute atomic E-state index is 5.71. The maximum Gasteiger partial charge on any atom is 0.124 e. The molecule has 1 rings (SSSR count). The number of benzene rings is 1. The van der Waals surface area contributed by atoms with Crippen molar-refractivity contribution in [3.63, 3.8) is 0 Å². The molecule has 0 saturated heterocycles. The standard InChI is InChI=1S/C15H26N2OS/c1-5-18-15-9-7-6-8-13(15)14(16-2)12-19-11-10-17(3)4/h6-9,14,16H,5,10-12H2,1-4H3. The summed E-state index contributed by atoms with van der Waals surface area (Å²) in [7, 11) is 6.24. The number of ether oxygens (including phenoxy) is 1. The van der Waals surface area contributed by atoms with Gasteiger partial charge in [0.05, 0.1) is 6.61 Å². The third kappa shape index (κ3) is 5.85. The van der Waals surface area contributed by atoms with Crippen molar-refractivity contribution in [1.29, 1.82) is 0 Å². The molecule has 1 aromatic carbocycles. The lowest BCUT2D eigenvalue weighted by molar-refractivity contribution is 0.333. The van der Waals surface area contributed by atoms with Crippen LogP contribution in [-0.2, 0) is 0 Å². The maximum atomic E-state index is 5.71. The minimum Gasteiger partial charge on any atom is -0.494 e. The molecular weight excluding hydrogens is 256 g/mol. The van der Waals surface area contributed by atoms with E-state index in [9.17, 15) is 0 Å². The molecule has 1 unspecified atom stereocenters. The van der Waals surface area contributed by atoms with Crippen LogP contribution < -0.4 is 10.1 Å². The van der Waals surface area contributed by atoms with Gasteiger partial charge in [-0.25, -0.2) is 0 Å². The van der Waals surface area contributed by atoms with Crippen molar-refractivity contribution in [2.75, 3.05) is 45.8 Å². The average molecular weight is 282 g/mol. The molecule has 0 aliphatic heterocycles. The van der Waals surface area contributed by atoms with E-state index in [4.69, 9.17) is 4.74 Å². The Hall–Kier alpha value is -0.710. The second-order valence-electron chi connectivity index (χ2n) is 4.69. The van der Waals surface area contributed by atoms with Gasteiger partial charge in [-0.3, -0.25) is 0 Å². The lowest BCUT2D eigenvalue weighted by Crippen LogP contribution is -2.21. The van der Waals surface area contributed by atoms with E-state index in [2.05, 4.69) is 36.4 Å². The van der Waals surface area contributed by atoms with E-state index >= 15 is 0 Å². The van der Waals surface area contributed by atoms with Crippen LogP contribution >= 0.6 is 11.8 Å². The van der Waals surface area contributed by atoms with E-state index in [0.717, 1.165) is 23.8 Å². The zero-order valence-corrected chi connectivity index (χ0v) is 13.3. The lowest BCUT2D eigenvalue weighted by Gasteiger charge is -2.20. The summed E-state index contributed by atoms with van der Waals surface area (Å²) in [5.41, 5.74) is 1.25. The quantitative estimate of drug-likeness (QED) is 0.704. The van der Waals surface area contributed by atoms with Gasteiger partial charge in [0.25, 0.3) is 0 Å². The third-order valence-electron chi connectivity index (χ3n) is 2.91. The van der Waals surface area contributed by atoms with Crippen LogP contribution in [0, 0.1) is 0 Å². The van der Waals surface area contributed by atoms with E-state index in [0.29, 0.717) is 12.6 Å². The summed E-state index contributed by atoms with van der Waals surface area (Å²) in [5.74, 6) is 3.22. The van der Waals surface area contributed by atoms with Crippen molar-refractivity contribution in [1.82, 2.24) is 10.2 Å². The Kier molecular flexibility index (Phi) is 7.94. The Morgan fingerprint density at radius 2 is 2.05 bits per heavy atom. The first-order valence-electron chi connectivity index (χ1n) is 6.80. The van der Waals surface area contributed by atoms with Gasteiger partial charge in [0.2, 0.25) is 0 Å². The van der Waals surface area contributed by atoms with Crippen LogP contribution in [-0.4, -0.2) is 50.7 Å². The molecule has 0 bridgehead atoms. The van der Waals surface area contributed by atoms with Gasteiger partial charge in [-0.15, -0.1) is 0 Å². The van der Waals surface area contributed by atoms with Gasteiger partial charge in [-0.05, 0) is 34.1 Å². The van der Waals surface area contributed by atoms with E-state index in [-0.39, 0.29) is 0 Å². The number of para-hydroxylation sites is 1. The van der Waals surface area contributed by atoms with E-state index in [1.54, 1.807) is 0 Å². The van der Waals surface area contributed by atoms with Crippen LogP contribution in [0.1, 0.15) is 18.5 Å². The molecule has 0 spiro atoms. The Bertz CT molecular complexity index is 358. The van der Waals surface area contributed by atoms with Gasteiger partial charge in [-0.2, -0.15) is 11.8 Å². The lowest BCUT2D eigenvalue weighted by atomic mass is 10.1. The van der Waals surface area contributed by atoms with Crippen molar-refractivity contribution < 1.29 is 4.74 Å². The largest absolute Gasteiger partial charge is 0.494 e. The SMILES string of the molecule is CCOc1ccccc1C(CSCCN(C)C)NC. The fraction of sp³-hybridized carbons (Fsp3) is 0.600. The second kappa shape index (κ2) is 9.23. The number of nitrogens with one attached hydrogen (secondary N) is 1. The molecule has 19 heavy (non-hydrogen) atoms. The van der Waals surface area contributed by atoms with Gasteiger partial charge in [-0.1, -0.05) is 18.2 Å². The molecule has 0 aromatic heterocycles. The van der Waals surface area contributed by atoms with Gasteiger partial charge in [0.15, 0.2) is 0 Å². The van der Waals surface area contributed by atoms with Crippen LogP contribution in [0.15, 0.2) is 24.3 Å². The zero-order valence-electron chi connectivity index (χ0n) is 12.5.